The van der Waals surface area contributed by atoms with Gasteiger partial charge in [-0.15, -0.1) is 0 Å². The van der Waals surface area contributed by atoms with Gasteiger partial charge in [-0.3, -0.25) is 9.36 Å². The van der Waals surface area contributed by atoms with Gasteiger partial charge in [0, 0.05) is 17.2 Å². The van der Waals surface area contributed by atoms with E-state index < -0.39 is 18.0 Å². The highest BCUT2D eigenvalue weighted by molar-refractivity contribution is 7.07. The minimum atomic E-state index is -0.762. The van der Waals surface area contributed by atoms with Crippen molar-refractivity contribution in [3.63, 3.8) is 0 Å². The van der Waals surface area contributed by atoms with Gasteiger partial charge in [0.15, 0.2) is 4.80 Å². The summed E-state index contributed by atoms with van der Waals surface area (Å²) in [7, 11) is 0. The summed E-state index contributed by atoms with van der Waals surface area (Å²) >= 11 is 1.23. The lowest BCUT2D eigenvalue weighted by Crippen LogP contribution is -2.40. The molecule has 5 aromatic rings. The number of benzene rings is 3. The molecule has 0 unspecified atom stereocenters. The molecule has 1 aliphatic rings. The summed E-state index contributed by atoms with van der Waals surface area (Å²) in [6, 6.07) is 27.3. The lowest BCUT2D eigenvalue weighted by molar-refractivity contribution is -0.138. The molecule has 0 N–H and O–H groups in total. The van der Waals surface area contributed by atoms with Gasteiger partial charge >= 0.3 is 11.9 Å². The molecule has 0 spiro atoms. The van der Waals surface area contributed by atoms with Gasteiger partial charge in [-0.1, -0.05) is 91.9 Å². The van der Waals surface area contributed by atoms with Crippen LogP contribution in [0, 0.1) is 0 Å². The average molecular weight is 647 g/mol. The van der Waals surface area contributed by atoms with Crippen molar-refractivity contribution < 1.29 is 23.5 Å². The number of carbonyl (C=O) groups excluding carboxylic acids is 2. The number of aromatic nitrogens is 1. The first-order valence-corrected chi connectivity index (χ1v) is 16.4. The van der Waals surface area contributed by atoms with Crippen LogP contribution in [0.15, 0.2) is 111 Å². The molecule has 8 nitrogen and oxygen atoms in total. The van der Waals surface area contributed by atoms with Crippen molar-refractivity contribution in [3.05, 3.63) is 144 Å². The number of thiazole rings is 1. The number of nitrogens with zero attached hydrogens (tertiary/aromatic N) is 2. The molecule has 9 heteroatoms. The van der Waals surface area contributed by atoms with Crippen molar-refractivity contribution in [2.75, 3.05) is 13.2 Å². The van der Waals surface area contributed by atoms with Crippen LogP contribution < -0.4 is 14.9 Å². The van der Waals surface area contributed by atoms with Gasteiger partial charge in [0.1, 0.15) is 11.5 Å². The van der Waals surface area contributed by atoms with E-state index in [-0.39, 0.29) is 18.8 Å². The molecule has 0 saturated heterocycles. The molecule has 3 aromatic carbocycles. The van der Waals surface area contributed by atoms with E-state index in [4.69, 9.17) is 18.9 Å². The minimum absolute atomic E-state index is 0.178. The number of esters is 2. The smallest absolute Gasteiger partial charge is 0.338 e. The minimum Gasteiger partial charge on any atom is -0.463 e. The summed E-state index contributed by atoms with van der Waals surface area (Å²) in [5.74, 6) is 0.374. The fourth-order valence-corrected chi connectivity index (χ4v) is 6.53. The van der Waals surface area contributed by atoms with Crippen LogP contribution >= 0.6 is 11.3 Å². The monoisotopic (exact) mass is 646 g/mol. The van der Waals surface area contributed by atoms with Crippen molar-refractivity contribution >= 4 is 35.0 Å². The summed E-state index contributed by atoms with van der Waals surface area (Å²) in [5, 5.41) is 0. The van der Waals surface area contributed by atoms with Crippen LogP contribution in [0.1, 0.15) is 72.5 Å². The summed E-state index contributed by atoms with van der Waals surface area (Å²) < 4.78 is 18.8. The Kier molecular flexibility index (Phi) is 9.17. The third-order valence-corrected chi connectivity index (χ3v) is 8.83. The second-order valence-electron chi connectivity index (χ2n) is 11.3. The van der Waals surface area contributed by atoms with Gasteiger partial charge < -0.3 is 13.9 Å². The fourth-order valence-electron chi connectivity index (χ4n) is 5.55. The molecule has 0 radical (unpaired) electrons. The zero-order valence-electron chi connectivity index (χ0n) is 26.6. The first-order chi connectivity index (χ1) is 22.8. The van der Waals surface area contributed by atoms with Gasteiger partial charge in [-0.05, 0) is 55.2 Å². The standard InChI is InChI=1S/C38H34N2O6S/c1-5-44-36(42)28-14-10-13-27(21-28)30-20-19-29(46-30)22-31-35(41)40-34(26-17-15-24(16-18-26)23(3)4)32(37(43)45-6-2)33(39-38(40)47-31)25-11-8-7-9-12-25/h7-23,34H,5-6H2,1-4H3/b31-22-/t34-/m0/s1. The van der Waals surface area contributed by atoms with E-state index in [0.717, 1.165) is 16.7 Å². The molecule has 3 heterocycles. The largest absolute Gasteiger partial charge is 0.463 e. The Balaban J connectivity index is 1.50. The van der Waals surface area contributed by atoms with Gasteiger partial charge in [0.05, 0.1) is 40.6 Å². The molecule has 0 aliphatic carbocycles. The Labute approximate surface area is 275 Å². The maximum atomic E-state index is 14.2. The van der Waals surface area contributed by atoms with Crippen LogP contribution in [0.4, 0.5) is 0 Å². The Morgan fingerprint density at radius 1 is 0.894 bits per heavy atom. The third kappa shape index (κ3) is 6.39. The molecule has 1 atom stereocenters. The Hall–Kier alpha value is -5.28. The molecule has 0 fully saturated rings. The lowest BCUT2D eigenvalue weighted by atomic mass is 9.91. The summed E-state index contributed by atoms with van der Waals surface area (Å²) in [5.41, 5.74) is 4.26. The molecular weight excluding hydrogens is 612 g/mol. The Morgan fingerprint density at radius 3 is 2.30 bits per heavy atom. The average Bonchev–Trinajstić information content (AvgIpc) is 3.68. The topological polar surface area (TPSA) is 100 Å². The highest BCUT2D eigenvalue weighted by Gasteiger charge is 2.35. The van der Waals surface area contributed by atoms with Gasteiger partial charge in [-0.25, -0.2) is 14.6 Å². The summed E-state index contributed by atoms with van der Waals surface area (Å²) in [4.78, 5) is 45.5. The highest BCUT2D eigenvalue weighted by Crippen LogP contribution is 2.35. The maximum Gasteiger partial charge on any atom is 0.338 e. The van der Waals surface area contributed by atoms with E-state index in [0.29, 0.717) is 49.2 Å². The second kappa shape index (κ2) is 13.6. The van der Waals surface area contributed by atoms with Crippen molar-refractivity contribution in [2.24, 2.45) is 4.99 Å². The Morgan fingerprint density at radius 2 is 1.60 bits per heavy atom. The van der Waals surface area contributed by atoms with Gasteiger partial charge in [-0.2, -0.15) is 0 Å². The summed E-state index contributed by atoms with van der Waals surface area (Å²) in [6.07, 6.45) is 1.68. The molecule has 6 rings (SSSR count). The predicted molar refractivity (Wildman–Crippen MR) is 182 cm³/mol. The number of hydrogen-bond acceptors (Lipinski definition) is 8. The number of ether oxygens (including phenoxy) is 2. The number of fused-ring (bicyclic) bond motifs is 1. The van der Waals surface area contributed by atoms with E-state index in [1.54, 1.807) is 54.8 Å². The zero-order chi connectivity index (χ0) is 33.1. The van der Waals surface area contributed by atoms with Crippen LogP contribution in [0.3, 0.4) is 0 Å². The summed E-state index contributed by atoms with van der Waals surface area (Å²) in [6.45, 7) is 8.21. The molecule has 47 heavy (non-hydrogen) atoms. The van der Waals surface area contributed by atoms with Crippen LogP contribution in [0.5, 0.6) is 0 Å². The van der Waals surface area contributed by atoms with E-state index in [1.165, 1.54) is 11.3 Å². The number of carbonyl (C=O) groups is 2. The molecular formula is C38H34N2O6S. The third-order valence-electron chi connectivity index (χ3n) is 7.85. The predicted octanol–water partition coefficient (Wildman–Crippen LogP) is 6.50. The van der Waals surface area contributed by atoms with E-state index in [2.05, 4.69) is 13.8 Å². The lowest BCUT2D eigenvalue weighted by Gasteiger charge is -2.26. The fraction of sp³-hybridized carbons (Fsp3) is 0.211. The molecule has 1 aliphatic heterocycles. The van der Waals surface area contributed by atoms with Crippen LogP contribution in [0.2, 0.25) is 0 Å². The van der Waals surface area contributed by atoms with Crippen LogP contribution in [-0.2, 0) is 14.3 Å². The molecule has 0 amide bonds. The Bertz CT molecular complexity index is 2150. The highest BCUT2D eigenvalue weighted by atomic mass is 32.1. The zero-order valence-corrected chi connectivity index (χ0v) is 27.4. The quantitative estimate of drug-likeness (QED) is 0.170. The maximum absolute atomic E-state index is 14.2. The van der Waals surface area contributed by atoms with Crippen molar-refractivity contribution in [1.82, 2.24) is 4.57 Å². The normalized spacial score (nSPS) is 14.6. The van der Waals surface area contributed by atoms with E-state index >= 15 is 0 Å². The van der Waals surface area contributed by atoms with Gasteiger partial charge in [0.25, 0.3) is 5.56 Å². The first-order valence-electron chi connectivity index (χ1n) is 15.5. The molecule has 0 bridgehead atoms. The SMILES string of the molecule is CCOC(=O)C1=C(c2ccccc2)N=c2s/c(=C\c3ccc(-c4cccc(C(=O)OCC)c4)o3)c(=O)n2[C@H]1c1ccc(C(C)C)cc1. The van der Waals surface area contributed by atoms with Crippen LogP contribution in [-0.4, -0.2) is 29.7 Å². The van der Waals surface area contributed by atoms with Crippen LogP contribution in [0.25, 0.3) is 23.1 Å². The number of rotatable bonds is 9. The van der Waals surface area contributed by atoms with E-state index in [9.17, 15) is 14.4 Å². The van der Waals surface area contributed by atoms with Gasteiger partial charge in [0.2, 0.25) is 0 Å². The molecule has 238 valence electrons. The second-order valence-corrected chi connectivity index (χ2v) is 12.3. The van der Waals surface area contributed by atoms with E-state index in [1.807, 2.05) is 60.7 Å². The van der Waals surface area contributed by atoms with Crippen molar-refractivity contribution in [2.45, 2.75) is 39.7 Å². The molecule has 2 aromatic heterocycles. The first kappa shape index (κ1) is 31.7. The van der Waals surface area contributed by atoms with Crippen molar-refractivity contribution in [3.8, 4) is 11.3 Å². The molecule has 0 saturated carbocycles. The number of furan rings is 1. The van der Waals surface area contributed by atoms with Crippen molar-refractivity contribution in [1.29, 1.82) is 0 Å². The number of hydrogen-bond donors (Lipinski definition) is 0.